The summed E-state index contributed by atoms with van der Waals surface area (Å²) in [7, 11) is -3.22. The van der Waals surface area contributed by atoms with E-state index in [2.05, 4.69) is 4.90 Å². The third-order valence-electron chi connectivity index (χ3n) is 3.03. The highest BCUT2D eigenvalue weighted by molar-refractivity contribution is 7.91. The Morgan fingerprint density at radius 2 is 2.00 bits per heavy atom. The summed E-state index contributed by atoms with van der Waals surface area (Å²) in [6.07, 6.45) is 1.17. The van der Waals surface area contributed by atoms with E-state index in [-0.39, 0.29) is 11.7 Å². The molecule has 0 radical (unpaired) electrons. The Morgan fingerprint density at radius 1 is 1.33 bits per heavy atom. The van der Waals surface area contributed by atoms with Gasteiger partial charge in [-0.05, 0) is 30.5 Å². The first-order chi connectivity index (χ1) is 8.40. The first-order valence-corrected chi connectivity index (χ1v) is 8.20. The van der Waals surface area contributed by atoms with Crippen LogP contribution in [0, 0.1) is 5.92 Å². The molecule has 0 atom stereocenters. The molecule has 2 rings (SSSR count). The van der Waals surface area contributed by atoms with E-state index in [1.807, 2.05) is 19.9 Å². The van der Waals surface area contributed by atoms with Crippen LogP contribution in [0.1, 0.15) is 20.3 Å². The topological polar surface area (TPSA) is 37.4 Å². The highest BCUT2D eigenvalue weighted by Gasteiger charge is 2.21. The van der Waals surface area contributed by atoms with Crippen LogP contribution in [0.4, 0.5) is 5.69 Å². The molecule has 0 bridgehead atoms. The van der Waals surface area contributed by atoms with E-state index in [4.69, 9.17) is 11.6 Å². The molecule has 1 saturated heterocycles. The minimum atomic E-state index is -3.22. The van der Waals surface area contributed by atoms with Gasteiger partial charge in [0.1, 0.15) is 0 Å². The van der Waals surface area contributed by atoms with Crippen molar-refractivity contribution in [3.05, 3.63) is 23.2 Å². The second kappa shape index (κ2) is 5.10. The lowest BCUT2D eigenvalue weighted by Crippen LogP contribution is -2.37. The summed E-state index contributed by atoms with van der Waals surface area (Å²) in [6.45, 7) is 5.79. The van der Waals surface area contributed by atoms with Crippen LogP contribution in [0.3, 0.4) is 0 Å². The highest BCUT2D eigenvalue weighted by Crippen LogP contribution is 2.31. The third kappa shape index (κ3) is 2.81. The summed E-state index contributed by atoms with van der Waals surface area (Å²) in [5, 5.41) is 0.527. The molecule has 0 unspecified atom stereocenters. The molecule has 0 spiro atoms. The lowest BCUT2D eigenvalue weighted by atomic mass is 10.2. The summed E-state index contributed by atoms with van der Waals surface area (Å²) in [4.78, 5) is 2.48. The number of sulfone groups is 1. The largest absolute Gasteiger partial charge is 0.370 e. The van der Waals surface area contributed by atoms with Gasteiger partial charge in [-0.15, -0.1) is 0 Å². The van der Waals surface area contributed by atoms with E-state index in [1.165, 1.54) is 6.42 Å². The van der Waals surface area contributed by atoms with Crippen LogP contribution in [-0.4, -0.2) is 27.3 Å². The van der Waals surface area contributed by atoms with E-state index < -0.39 is 9.84 Å². The fourth-order valence-corrected chi connectivity index (χ4v) is 4.04. The van der Waals surface area contributed by atoms with Gasteiger partial charge >= 0.3 is 0 Å². The molecule has 1 aromatic carbocycles. The van der Waals surface area contributed by atoms with Crippen molar-refractivity contribution in [3.8, 4) is 0 Å². The number of rotatable bonds is 4. The average molecular weight is 288 g/mol. The zero-order chi connectivity index (χ0) is 13.3. The van der Waals surface area contributed by atoms with Crippen LogP contribution in [0.5, 0.6) is 0 Å². The van der Waals surface area contributed by atoms with Crippen LogP contribution in [0.15, 0.2) is 23.1 Å². The Hall–Kier alpha value is -0.740. The lowest BCUT2D eigenvalue weighted by molar-refractivity contribution is 0.582. The molecule has 1 aliphatic rings. The number of hydrogen-bond donors (Lipinski definition) is 0. The Labute approximate surface area is 114 Å². The van der Waals surface area contributed by atoms with Crippen molar-refractivity contribution in [2.75, 3.05) is 23.7 Å². The molecule has 1 fully saturated rings. The quantitative estimate of drug-likeness (QED) is 0.854. The molecule has 3 nitrogen and oxygen atoms in total. The van der Waals surface area contributed by atoms with Crippen molar-refractivity contribution in [1.29, 1.82) is 0 Å². The van der Waals surface area contributed by atoms with Crippen molar-refractivity contribution in [2.45, 2.75) is 25.2 Å². The van der Waals surface area contributed by atoms with Gasteiger partial charge in [0.05, 0.1) is 21.4 Å². The van der Waals surface area contributed by atoms with E-state index in [0.717, 1.165) is 18.8 Å². The second-order valence-electron chi connectivity index (χ2n) is 5.13. The molecular formula is C13H18ClNO2S. The maximum Gasteiger partial charge on any atom is 0.178 e. The molecule has 0 aromatic heterocycles. The van der Waals surface area contributed by atoms with Crippen LogP contribution < -0.4 is 4.90 Å². The summed E-state index contributed by atoms with van der Waals surface area (Å²) in [5.74, 6) is 0.274. The van der Waals surface area contributed by atoms with Gasteiger partial charge < -0.3 is 4.90 Å². The Kier molecular flexibility index (Phi) is 3.87. The molecule has 1 aromatic rings. The van der Waals surface area contributed by atoms with Crippen molar-refractivity contribution in [1.82, 2.24) is 0 Å². The number of hydrogen-bond acceptors (Lipinski definition) is 3. The van der Waals surface area contributed by atoms with Gasteiger partial charge in [-0.3, -0.25) is 0 Å². The predicted molar refractivity (Wildman–Crippen MR) is 75.2 cm³/mol. The van der Waals surface area contributed by atoms with Crippen molar-refractivity contribution >= 4 is 27.1 Å². The molecule has 1 heterocycles. The van der Waals surface area contributed by atoms with Crippen LogP contribution in [0.25, 0.3) is 0 Å². The first-order valence-electron chi connectivity index (χ1n) is 6.17. The van der Waals surface area contributed by atoms with E-state index in [0.29, 0.717) is 9.92 Å². The predicted octanol–water partition coefficient (Wildman–Crippen LogP) is 2.98. The average Bonchev–Trinajstić information content (AvgIpc) is 2.16. The minimum Gasteiger partial charge on any atom is -0.370 e. The van der Waals surface area contributed by atoms with Gasteiger partial charge in [0.15, 0.2) is 9.84 Å². The zero-order valence-electron chi connectivity index (χ0n) is 10.7. The molecule has 0 amide bonds. The summed E-state index contributed by atoms with van der Waals surface area (Å²) >= 11 is 6.17. The van der Waals surface area contributed by atoms with Gasteiger partial charge in [0, 0.05) is 13.1 Å². The van der Waals surface area contributed by atoms with Crippen molar-refractivity contribution < 1.29 is 8.42 Å². The minimum absolute atomic E-state index is 0.115. The molecule has 5 heteroatoms. The van der Waals surface area contributed by atoms with Gasteiger partial charge in [-0.1, -0.05) is 25.4 Å². The standard InChI is InChI=1S/C13H18ClNO2S/c1-10(2)9-18(16,17)11-4-5-13(12(14)8-11)15-6-3-7-15/h4-5,8,10H,3,6-7,9H2,1-2H3. The Balaban J connectivity index is 2.28. The van der Waals surface area contributed by atoms with Gasteiger partial charge in [0.2, 0.25) is 0 Å². The number of nitrogens with zero attached hydrogens (tertiary/aromatic N) is 1. The van der Waals surface area contributed by atoms with E-state index >= 15 is 0 Å². The number of benzene rings is 1. The number of halogens is 1. The summed E-state index contributed by atoms with van der Waals surface area (Å²) < 4.78 is 24.2. The molecule has 0 aliphatic carbocycles. The molecule has 18 heavy (non-hydrogen) atoms. The van der Waals surface area contributed by atoms with Crippen molar-refractivity contribution in [3.63, 3.8) is 0 Å². The molecule has 0 saturated carbocycles. The smallest absolute Gasteiger partial charge is 0.178 e. The molecule has 0 N–H and O–H groups in total. The Bertz CT molecular complexity index is 536. The van der Waals surface area contributed by atoms with Crippen LogP contribution >= 0.6 is 11.6 Å². The maximum absolute atomic E-state index is 12.1. The Morgan fingerprint density at radius 3 is 2.44 bits per heavy atom. The summed E-state index contributed by atoms with van der Waals surface area (Å²) in [5.41, 5.74) is 0.936. The molecule has 1 aliphatic heterocycles. The first kappa shape index (κ1) is 13.7. The number of anilines is 1. The fraction of sp³-hybridized carbons (Fsp3) is 0.538. The van der Waals surface area contributed by atoms with Gasteiger partial charge in [-0.2, -0.15) is 0 Å². The molecular weight excluding hydrogens is 270 g/mol. The van der Waals surface area contributed by atoms with E-state index in [9.17, 15) is 8.42 Å². The lowest BCUT2D eigenvalue weighted by Gasteiger charge is -2.33. The normalized spacial score (nSPS) is 15.9. The highest BCUT2D eigenvalue weighted by atomic mass is 35.5. The summed E-state index contributed by atoms with van der Waals surface area (Å²) in [6, 6.07) is 5.05. The SMILES string of the molecule is CC(C)CS(=O)(=O)c1ccc(N2CCC2)c(Cl)c1. The fourth-order valence-electron chi connectivity index (χ4n) is 2.03. The van der Waals surface area contributed by atoms with Gasteiger partial charge in [0.25, 0.3) is 0 Å². The van der Waals surface area contributed by atoms with Gasteiger partial charge in [-0.25, -0.2) is 8.42 Å². The van der Waals surface area contributed by atoms with Crippen LogP contribution in [-0.2, 0) is 9.84 Å². The third-order valence-corrected chi connectivity index (χ3v) is 5.41. The van der Waals surface area contributed by atoms with Crippen molar-refractivity contribution in [2.24, 2.45) is 5.92 Å². The van der Waals surface area contributed by atoms with E-state index in [1.54, 1.807) is 12.1 Å². The zero-order valence-corrected chi connectivity index (χ0v) is 12.3. The monoisotopic (exact) mass is 287 g/mol. The second-order valence-corrected chi connectivity index (χ2v) is 7.57. The maximum atomic E-state index is 12.1. The van der Waals surface area contributed by atoms with Crippen LogP contribution in [0.2, 0.25) is 5.02 Å². The molecule has 100 valence electrons.